The zero-order valence-electron chi connectivity index (χ0n) is 12.0. The molecule has 1 amide bonds. The van der Waals surface area contributed by atoms with E-state index in [2.05, 4.69) is 14.9 Å². The highest BCUT2D eigenvalue weighted by Gasteiger charge is 2.26. The minimum Gasteiger partial charge on any atom is -0.393 e. The number of rotatable bonds is 3. The minimum absolute atomic E-state index is 0.0601. The number of hydrogen-bond acceptors (Lipinski definition) is 5. The van der Waals surface area contributed by atoms with Crippen LogP contribution in [-0.4, -0.2) is 45.4 Å². The van der Waals surface area contributed by atoms with Gasteiger partial charge in [0.1, 0.15) is 11.0 Å². The number of likely N-dealkylation sites (N-methyl/N-ethyl adjacent to an activating group) is 1. The van der Waals surface area contributed by atoms with Crippen molar-refractivity contribution in [1.82, 2.24) is 15.2 Å². The Bertz CT molecular complexity index is 640. The second kappa shape index (κ2) is 5.81. The maximum absolute atomic E-state index is 12.4. The summed E-state index contributed by atoms with van der Waals surface area (Å²) in [5.74, 6) is 0.0601. The standard InChI is InChI=1S/C15H19N3O3/c1-18(11-3-2-4-12(19)9-11)15(20)8-10-5-6-13-14(7-10)17-21-16-13/h5-7,11-12,19H,2-4,8-9H2,1H3/t11-,12+/m0/s1. The fourth-order valence-corrected chi connectivity index (χ4v) is 2.93. The molecule has 1 heterocycles. The van der Waals surface area contributed by atoms with Gasteiger partial charge in [-0.2, -0.15) is 0 Å². The third kappa shape index (κ3) is 3.05. The van der Waals surface area contributed by atoms with Gasteiger partial charge in [0.05, 0.1) is 12.5 Å². The van der Waals surface area contributed by atoms with Gasteiger partial charge in [0, 0.05) is 13.1 Å². The van der Waals surface area contributed by atoms with Crippen molar-refractivity contribution in [2.75, 3.05) is 7.05 Å². The summed E-state index contributed by atoms with van der Waals surface area (Å²) < 4.78 is 4.66. The van der Waals surface area contributed by atoms with Crippen molar-refractivity contribution < 1.29 is 14.5 Å². The molecule has 3 rings (SSSR count). The first-order valence-electron chi connectivity index (χ1n) is 7.28. The Kier molecular flexibility index (Phi) is 3.88. The van der Waals surface area contributed by atoms with Crippen LogP contribution in [-0.2, 0) is 11.2 Å². The SMILES string of the molecule is CN(C(=O)Cc1ccc2nonc2c1)[C@H]1CCC[C@@H](O)C1. The zero-order chi connectivity index (χ0) is 14.8. The molecular formula is C15H19N3O3. The van der Waals surface area contributed by atoms with E-state index in [4.69, 9.17) is 0 Å². The molecule has 21 heavy (non-hydrogen) atoms. The lowest BCUT2D eigenvalue weighted by atomic mass is 9.92. The summed E-state index contributed by atoms with van der Waals surface area (Å²) in [6, 6.07) is 5.64. The predicted octanol–water partition coefficient (Wildman–Crippen LogP) is 1.53. The first-order chi connectivity index (χ1) is 10.1. The number of hydrogen-bond donors (Lipinski definition) is 1. The zero-order valence-corrected chi connectivity index (χ0v) is 12.0. The van der Waals surface area contributed by atoms with Crippen LogP contribution in [0.3, 0.4) is 0 Å². The van der Waals surface area contributed by atoms with Crippen molar-refractivity contribution in [2.45, 2.75) is 44.2 Å². The number of carbonyl (C=O) groups is 1. The number of aromatic nitrogens is 2. The van der Waals surface area contributed by atoms with Gasteiger partial charge in [-0.05, 0) is 53.7 Å². The molecule has 2 atom stereocenters. The quantitative estimate of drug-likeness (QED) is 0.927. The van der Waals surface area contributed by atoms with Gasteiger partial charge < -0.3 is 10.0 Å². The first-order valence-corrected chi connectivity index (χ1v) is 7.28. The number of fused-ring (bicyclic) bond motifs is 1. The largest absolute Gasteiger partial charge is 0.393 e. The number of nitrogens with zero attached hydrogens (tertiary/aromatic N) is 3. The molecule has 6 nitrogen and oxygen atoms in total. The molecule has 0 aliphatic heterocycles. The molecule has 1 aromatic heterocycles. The Hall–Kier alpha value is -1.95. The lowest BCUT2D eigenvalue weighted by molar-refractivity contribution is -0.132. The Morgan fingerprint density at radius 3 is 3.00 bits per heavy atom. The molecule has 6 heteroatoms. The molecule has 1 aromatic carbocycles. The molecule has 112 valence electrons. The van der Waals surface area contributed by atoms with E-state index in [1.54, 1.807) is 11.0 Å². The van der Waals surface area contributed by atoms with E-state index < -0.39 is 0 Å². The second-order valence-electron chi connectivity index (χ2n) is 5.74. The molecule has 0 spiro atoms. The van der Waals surface area contributed by atoms with Gasteiger partial charge in [-0.25, -0.2) is 4.63 Å². The first kappa shape index (κ1) is 14.0. The van der Waals surface area contributed by atoms with E-state index in [0.29, 0.717) is 23.9 Å². The van der Waals surface area contributed by atoms with Gasteiger partial charge >= 0.3 is 0 Å². The highest BCUT2D eigenvalue weighted by atomic mass is 16.6. The van der Waals surface area contributed by atoms with Crippen LogP contribution in [0, 0.1) is 0 Å². The summed E-state index contributed by atoms with van der Waals surface area (Å²) in [6.07, 6.45) is 3.50. The summed E-state index contributed by atoms with van der Waals surface area (Å²) >= 11 is 0. The monoisotopic (exact) mass is 289 g/mol. The van der Waals surface area contributed by atoms with Crippen molar-refractivity contribution in [3.05, 3.63) is 23.8 Å². The Morgan fingerprint density at radius 2 is 2.19 bits per heavy atom. The van der Waals surface area contributed by atoms with E-state index in [1.165, 1.54) is 0 Å². The number of aliphatic hydroxyl groups is 1. The molecule has 1 fully saturated rings. The van der Waals surface area contributed by atoms with Gasteiger partial charge in [-0.3, -0.25) is 4.79 Å². The lowest BCUT2D eigenvalue weighted by Crippen LogP contribution is -2.42. The lowest BCUT2D eigenvalue weighted by Gasteiger charge is -2.33. The van der Waals surface area contributed by atoms with Crippen molar-refractivity contribution in [2.24, 2.45) is 0 Å². The molecule has 0 bridgehead atoms. The highest BCUT2D eigenvalue weighted by molar-refractivity contribution is 5.81. The van der Waals surface area contributed by atoms with Crippen LogP contribution in [0.4, 0.5) is 0 Å². The van der Waals surface area contributed by atoms with Crippen molar-refractivity contribution in [1.29, 1.82) is 0 Å². The van der Waals surface area contributed by atoms with Gasteiger partial charge in [0.2, 0.25) is 5.91 Å². The predicted molar refractivity (Wildman–Crippen MR) is 76.5 cm³/mol. The maximum atomic E-state index is 12.4. The van der Waals surface area contributed by atoms with Crippen molar-refractivity contribution in [3.63, 3.8) is 0 Å². The van der Waals surface area contributed by atoms with Crippen LogP contribution < -0.4 is 0 Å². The molecule has 0 radical (unpaired) electrons. The number of benzene rings is 1. The summed E-state index contributed by atoms with van der Waals surface area (Å²) in [5.41, 5.74) is 2.25. The van der Waals surface area contributed by atoms with Gasteiger partial charge in [-0.1, -0.05) is 6.07 Å². The maximum Gasteiger partial charge on any atom is 0.226 e. The Balaban J connectivity index is 1.67. The van der Waals surface area contributed by atoms with E-state index >= 15 is 0 Å². The third-order valence-corrected chi connectivity index (χ3v) is 4.23. The topological polar surface area (TPSA) is 79.5 Å². The molecule has 2 aromatic rings. The number of amides is 1. The second-order valence-corrected chi connectivity index (χ2v) is 5.74. The molecule has 0 saturated heterocycles. The van der Waals surface area contributed by atoms with Gasteiger partial charge in [-0.15, -0.1) is 0 Å². The summed E-state index contributed by atoms with van der Waals surface area (Å²) in [7, 11) is 1.82. The van der Waals surface area contributed by atoms with Crippen LogP contribution in [0.25, 0.3) is 11.0 Å². The van der Waals surface area contributed by atoms with E-state index in [-0.39, 0.29) is 18.1 Å². The van der Waals surface area contributed by atoms with Crippen molar-refractivity contribution >= 4 is 16.9 Å². The normalized spacial score (nSPS) is 22.4. The molecule has 0 unspecified atom stereocenters. The molecule has 1 saturated carbocycles. The highest BCUT2D eigenvalue weighted by Crippen LogP contribution is 2.23. The van der Waals surface area contributed by atoms with E-state index in [9.17, 15) is 9.90 Å². The molecule has 1 N–H and O–H groups in total. The Morgan fingerprint density at radius 1 is 1.38 bits per heavy atom. The summed E-state index contributed by atoms with van der Waals surface area (Å²) in [5, 5.41) is 17.3. The Labute approximate surface area is 122 Å². The van der Waals surface area contributed by atoms with Crippen LogP contribution >= 0.6 is 0 Å². The minimum atomic E-state index is -0.281. The van der Waals surface area contributed by atoms with Crippen LogP contribution in [0.1, 0.15) is 31.2 Å². The fraction of sp³-hybridized carbons (Fsp3) is 0.533. The molecule has 1 aliphatic carbocycles. The molecular weight excluding hydrogens is 270 g/mol. The van der Waals surface area contributed by atoms with Gasteiger partial charge in [0.15, 0.2) is 0 Å². The van der Waals surface area contributed by atoms with Crippen LogP contribution in [0.15, 0.2) is 22.8 Å². The summed E-state index contributed by atoms with van der Waals surface area (Å²) in [4.78, 5) is 14.1. The number of carbonyl (C=O) groups excluding carboxylic acids is 1. The van der Waals surface area contributed by atoms with E-state index in [0.717, 1.165) is 24.8 Å². The summed E-state index contributed by atoms with van der Waals surface area (Å²) in [6.45, 7) is 0. The average Bonchev–Trinajstić information content (AvgIpc) is 2.94. The third-order valence-electron chi connectivity index (χ3n) is 4.23. The number of aliphatic hydroxyl groups excluding tert-OH is 1. The molecule has 1 aliphatic rings. The van der Waals surface area contributed by atoms with Crippen LogP contribution in [0.5, 0.6) is 0 Å². The fourth-order valence-electron chi connectivity index (χ4n) is 2.93. The van der Waals surface area contributed by atoms with Gasteiger partial charge in [0.25, 0.3) is 0 Å². The van der Waals surface area contributed by atoms with Crippen LogP contribution in [0.2, 0.25) is 0 Å². The van der Waals surface area contributed by atoms with Crippen molar-refractivity contribution in [3.8, 4) is 0 Å². The smallest absolute Gasteiger partial charge is 0.226 e. The van der Waals surface area contributed by atoms with E-state index in [1.807, 2.05) is 19.2 Å². The average molecular weight is 289 g/mol.